The van der Waals surface area contributed by atoms with Crippen LogP contribution in [0.4, 0.5) is 0 Å². The van der Waals surface area contributed by atoms with Crippen LogP contribution < -0.4 is 16.2 Å². The molecule has 0 fully saturated rings. The summed E-state index contributed by atoms with van der Waals surface area (Å²) in [5.74, 6) is -1.68. The molecule has 0 spiro atoms. The standard InChI is InChI=1S/C8H5NO5S/c1-4(10)14-9-5-2-3-15-6(5)7(11)13-8(9)12/h2-3H,1H3. The Morgan fingerprint density at radius 3 is 2.93 bits per heavy atom. The molecule has 7 heteroatoms. The summed E-state index contributed by atoms with van der Waals surface area (Å²) in [5, 5.41) is 1.60. The van der Waals surface area contributed by atoms with Crippen molar-refractivity contribution >= 4 is 27.5 Å². The highest BCUT2D eigenvalue weighted by molar-refractivity contribution is 7.17. The van der Waals surface area contributed by atoms with Crippen LogP contribution >= 0.6 is 11.3 Å². The second-order valence-electron chi connectivity index (χ2n) is 2.67. The molecule has 2 rings (SSSR count). The first kappa shape index (κ1) is 9.66. The summed E-state index contributed by atoms with van der Waals surface area (Å²) in [6, 6.07) is 1.50. The summed E-state index contributed by atoms with van der Waals surface area (Å²) < 4.78 is 5.26. The minimum absolute atomic E-state index is 0.232. The Bertz CT molecular complexity index is 634. The van der Waals surface area contributed by atoms with Crippen molar-refractivity contribution < 1.29 is 14.0 Å². The SMILES string of the molecule is CC(=O)On1c(=O)oc(=O)c2sccc21. The second-order valence-corrected chi connectivity index (χ2v) is 3.58. The number of aromatic nitrogens is 1. The van der Waals surface area contributed by atoms with Crippen molar-refractivity contribution in [1.29, 1.82) is 0 Å². The number of thiophene rings is 1. The lowest BCUT2D eigenvalue weighted by Crippen LogP contribution is -2.31. The van der Waals surface area contributed by atoms with Gasteiger partial charge in [0.2, 0.25) is 0 Å². The molecule has 2 aromatic rings. The number of nitrogens with zero attached hydrogens (tertiary/aromatic N) is 1. The van der Waals surface area contributed by atoms with Gasteiger partial charge in [0.05, 0.1) is 0 Å². The van der Waals surface area contributed by atoms with E-state index in [4.69, 9.17) is 0 Å². The molecule has 78 valence electrons. The minimum Gasteiger partial charge on any atom is -0.369 e. The lowest BCUT2D eigenvalue weighted by molar-refractivity contribution is -0.142. The van der Waals surface area contributed by atoms with Crippen LogP contribution in [0, 0.1) is 0 Å². The molecule has 0 aliphatic heterocycles. The maximum atomic E-state index is 11.2. The second kappa shape index (κ2) is 3.35. The molecule has 0 amide bonds. The van der Waals surface area contributed by atoms with Gasteiger partial charge in [-0.1, -0.05) is 0 Å². The van der Waals surface area contributed by atoms with E-state index >= 15 is 0 Å². The summed E-state index contributed by atoms with van der Waals surface area (Å²) in [6.45, 7) is 1.15. The normalized spacial score (nSPS) is 10.5. The molecule has 0 N–H and O–H groups in total. The predicted molar refractivity (Wildman–Crippen MR) is 51.9 cm³/mol. The maximum Gasteiger partial charge on any atom is 0.456 e. The van der Waals surface area contributed by atoms with Crippen molar-refractivity contribution in [2.24, 2.45) is 0 Å². The molecule has 0 aromatic carbocycles. The van der Waals surface area contributed by atoms with E-state index in [0.29, 0.717) is 4.73 Å². The molecule has 0 aliphatic rings. The lowest BCUT2D eigenvalue weighted by atomic mass is 10.5. The molecule has 0 aliphatic carbocycles. The van der Waals surface area contributed by atoms with E-state index in [9.17, 15) is 14.4 Å². The third-order valence-corrected chi connectivity index (χ3v) is 2.50. The van der Waals surface area contributed by atoms with Gasteiger partial charge in [-0.2, -0.15) is 0 Å². The molecular formula is C8H5NO5S. The molecule has 2 heterocycles. The van der Waals surface area contributed by atoms with Crippen molar-refractivity contribution in [2.75, 3.05) is 0 Å². The molecule has 0 saturated carbocycles. The fourth-order valence-electron chi connectivity index (χ4n) is 1.10. The van der Waals surface area contributed by atoms with Gasteiger partial charge in [0.15, 0.2) is 0 Å². The molecule has 0 bridgehead atoms. The summed E-state index contributed by atoms with van der Waals surface area (Å²) in [7, 11) is 0. The van der Waals surface area contributed by atoms with Gasteiger partial charge < -0.3 is 9.25 Å². The Kier molecular flexibility index (Phi) is 2.16. The molecule has 0 atom stereocenters. The number of carbonyl (C=O) groups is 1. The third kappa shape index (κ3) is 1.57. The van der Waals surface area contributed by atoms with E-state index in [2.05, 4.69) is 9.25 Å². The number of hydrogen-bond donors (Lipinski definition) is 0. The van der Waals surface area contributed by atoms with Crippen LogP contribution in [0.15, 0.2) is 25.5 Å². The van der Waals surface area contributed by atoms with Crippen molar-refractivity contribution in [3.05, 3.63) is 32.4 Å². The zero-order valence-electron chi connectivity index (χ0n) is 7.55. The van der Waals surface area contributed by atoms with E-state index in [1.54, 1.807) is 5.38 Å². The monoisotopic (exact) mass is 227 g/mol. The summed E-state index contributed by atoms with van der Waals surface area (Å²) in [4.78, 5) is 37.7. The van der Waals surface area contributed by atoms with Gasteiger partial charge in [-0.05, 0) is 11.4 Å². The highest BCUT2D eigenvalue weighted by atomic mass is 32.1. The summed E-state index contributed by atoms with van der Waals surface area (Å²) in [5.41, 5.74) is -0.496. The van der Waals surface area contributed by atoms with Crippen molar-refractivity contribution in [3.63, 3.8) is 0 Å². The van der Waals surface area contributed by atoms with E-state index < -0.39 is 17.4 Å². The van der Waals surface area contributed by atoms with Gasteiger partial charge in [-0.25, -0.2) is 14.4 Å². The van der Waals surface area contributed by atoms with Gasteiger partial charge in [-0.3, -0.25) is 0 Å². The quantitative estimate of drug-likeness (QED) is 0.684. The van der Waals surface area contributed by atoms with E-state index in [0.717, 1.165) is 18.3 Å². The Balaban J connectivity index is 2.82. The number of hydrogen-bond acceptors (Lipinski definition) is 6. The fraction of sp³-hybridized carbons (Fsp3) is 0.125. The van der Waals surface area contributed by atoms with Crippen LogP contribution in [0.2, 0.25) is 0 Å². The van der Waals surface area contributed by atoms with Crippen LogP contribution in [0.3, 0.4) is 0 Å². The molecule has 2 aromatic heterocycles. The summed E-state index contributed by atoms with van der Waals surface area (Å²) >= 11 is 1.11. The van der Waals surface area contributed by atoms with Gasteiger partial charge in [0.25, 0.3) is 0 Å². The highest BCUT2D eigenvalue weighted by Gasteiger charge is 2.12. The fourth-order valence-corrected chi connectivity index (χ4v) is 1.84. The zero-order valence-corrected chi connectivity index (χ0v) is 8.37. The smallest absolute Gasteiger partial charge is 0.369 e. The number of carbonyl (C=O) groups excluding carboxylic acids is 1. The van der Waals surface area contributed by atoms with E-state index in [1.807, 2.05) is 0 Å². The molecule has 0 saturated heterocycles. The number of fused-ring (bicyclic) bond motifs is 1. The molecule has 0 unspecified atom stereocenters. The first-order chi connectivity index (χ1) is 7.09. The predicted octanol–water partition coefficient (Wildman–Crippen LogP) is -0.00870. The molecule has 15 heavy (non-hydrogen) atoms. The van der Waals surface area contributed by atoms with Crippen molar-refractivity contribution in [2.45, 2.75) is 6.92 Å². The third-order valence-electron chi connectivity index (χ3n) is 1.61. The van der Waals surface area contributed by atoms with Crippen LogP contribution in [-0.2, 0) is 4.79 Å². The Labute approximate surface area is 86.3 Å². The topological polar surface area (TPSA) is 78.5 Å². The van der Waals surface area contributed by atoms with Crippen LogP contribution in [-0.4, -0.2) is 10.7 Å². The van der Waals surface area contributed by atoms with Crippen LogP contribution in [0.5, 0.6) is 0 Å². The zero-order chi connectivity index (χ0) is 11.0. The Hall–Kier alpha value is -1.89. The van der Waals surface area contributed by atoms with Gasteiger partial charge in [-0.15, -0.1) is 16.1 Å². The van der Waals surface area contributed by atoms with Gasteiger partial charge >= 0.3 is 17.4 Å². The van der Waals surface area contributed by atoms with Crippen LogP contribution in [0.1, 0.15) is 6.92 Å². The Morgan fingerprint density at radius 1 is 1.53 bits per heavy atom. The van der Waals surface area contributed by atoms with Gasteiger partial charge in [0, 0.05) is 6.92 Å². The van der Waals surface area contributed by atoms with E-state index in [-0.39, 0.29) is 10.2 Å². The summed E-state index contributed by atoms with van der Waals surface area (Å²) in [6.07, 6.45) is 0. The largest absolute Gasteiger partial charge is 0.456 e. The van der Waals surface area contributed by atoms with Crippen LogP contribution in [0.25, 0.3) is 10.2 Å². The molecular weight excluding hydrogens is 222 g/mol. The highest BCUT2D eigenvalue weighted by Crippen LogP contribution is 2.13. The number of rotatable bonds is 1. The van der Waals surface area contributed by atoms with Crippen molar-refractivity contribution in [1.82, 2.24) is 4.73 Å². The molecule has 0 radical (unpaired) electrons. The van der Waals surface area contributed by atoms with E-state index in [1.165, 1.54) is 6.07 Å². The molecule has 6 nitrogen and oxygen atoms in total. The van der Waals surface area contributed by atoms with Gasteiger partial charge in [0.1, 0.15) is 10.2 Å². The lowest BCUT2D eigenvalue weighted by Gasteiger charge is -2.02. The minimum atomic E-state index is -1.01. The first-order valence-electron chi connectivity index (χ1n) is 3.92. The Morgan fingerprint density at radius 2 is 2.27 bits per heavy atom. The first-order valence-corrected chi connectivity index (χ1v) is 4.80. The maximum absolute atomic E-state index is 11.2. The average molecular weight is 227 g/mol. The van der Waals surface area contributed by atoms with Crippen molar-refractivity contribution in [3.8, 4) is 0 Å². The average Bonchev–Trinajstić information content (AvgIpc) is 2.60.